The summed E-state index contributed by atoms with van der Waals surface area (Å²) >= 11 is 0. The minimum absolute atomic E-state index is 0.157. The van der Waals surface area contributed by atoms with Gasteiger partial charge in [0.25, 0.3) is 5.91 Å². The van der Waals surface area contributed by atoms with Gasteiger partial charge in [0.1, 0.15) is 0 Å². The SMILES string of the molecule is C[C@@H]1CCCCN1C(=O)COC(=O)c1ccccc1-c1ncc(-c2ccccc2)o1. The quantitative estimate of drug-likeness (QED) is 0.583. The van der Waals surface area contributed by atoms with Gasteiger partial charge >= 0.3 is 5.97 Å². The lowest BCUT2D eigenvalue weighted by Crippen LogP contribution is -2.44. The van der Waals surface area contributed by atoms with Crippen LogP contribution in [0.3, 0.4) is 0 Å². The number of rotatable bonds is 5. The Labute approximate surface area is 175 Å². The number of benzene rings is 2. The lowest BCUT2D eigenvalue weighted by Gasteiger charge is -2.33. The largest absolute Gasteiger partial charge is 0.452 e. The number of aromatic nitrogens is 1. The number of amides is 1. The third-order valence-electron chi connectivity index (χ3n) is 5.39. The predicted molar refractivity (Wildman–Crippen MR) is 113 cm³/mol. The normalized spacial score (nSPS) is 16.3. The monoisotopic (exact) mass is 404 g/mol. The number of carbonyl (C=O) groups excluding carboxylic acids is 2. The molecule has 1 atom stereocenters. The first kappa shape index (κ1) is 19.9. The lowest BCUT2D eigenvalue weighted by atomic mass is 10.0. The van der Waals surface area contributed by atoms with Gasteiger partial charge in [0.2, 0.25) is 5.89 Å². The lowest BCUT2D eigenvalue weighted by molar-refractivity contribution is -0.137. The molecule has 2 aromatic carbocycles. The number of likely N-dealkylation sites (tertiary alicyclic amines) is 1. The molecule has 2 heterocycles. The van der Waals surface area contributed by atoms with Crippen molar-refractivity contribution in [3.63, 3.8) is 0 Å². The Balaban J connectivity index is 1.49. The summed E-state index contributed by atoms with van der Waals surface area (Å²) in [6.07, 6.45) is 4.73. The van der Waals surface area contributed by atoms with Crippen molar-refractivity contribution >= 4 is 11.9 Å². The van der Waals surface area contributed by atoms with Crippen LogP contribution in [0.5, 0.6) is 0 Å². The molecular formula is C24H24N2O4. The first-order valence-corrected chi connectivity index (χ1v) is 10.2. The average Bonchev–Trinajstić information content (AvgIpc) is 3.28. The van der Waals surface area contributed by atoms with E-state index in [1.165, 1.54) is 0 Å². The molecule has 1 amide bonds. The number of nitrogens with zero attached hydrogens (tertiary/aromatic N) is 2. The highest BCUT2D eigenvalue weighted by atomic mass is 16.5. The van der Waals surface area contributed by atoms with E-state index in [0.29, 0.717) is 29.3 Å². The second-order valence-corrected chi connectivity index (χ2v) is 7.45. The average molecular weight is 404 g/mol. The first-order chi connectivity index (χ1) is 14.6. The maximum absolute atomic E-state index is 12.7. The standard InChI is InChI=1S/C24H24N2O4/c1-17-9-7-8-14-26(17)22(27)16-29-24(28)20-13-6-5-12-19(20)23-25-15-21(30-23)18-10-3-2-4-11-18/h2-6,10-13,15,17H,7-9,14,16H2,1H3/t17-/m1/s1. The highest BCUT2D eigenvalue weighted by Crippen LogP contribution is 2.28. The van der Waals surface area contributed by atoms with Crippen LogP contribution in [0.4, 0.5) is 0 Å². The van der Waals surface area contributed by atoms with E-state index >= 15 is 0 Å². The summed E-state index contributed by atoms with van der Waals surface area (Å²) in [6.45, 7) is 2.48. The minimum atomic E-state index is -0.567. The molecule has 3 aromatic rings. The maximum Gasteiger partial charge on any atom is 0.339 e. The number of carbonyl (C=O) groups is 2. The number of piperidine rings is 1. The van der Waals surface area contributed by atoms with Gasteiger partial charge in [-0.05, 0) is 38.3 Å². The van der Waals surface area contributed by atoms with Crippen LogP contribution >= 0.6 is 0 Å². The van der Waals surface area contributed by atoms with Crippen LogP contribution in [-0.4, -0.2) is 41.0 Å². The van der Waals surface area contributed by atoms with Crippen molar-refractivity contribution in [1.82, 2.24) is 9.88 Å². The molecule has 0 radical (unpaired) electrons. The highest BCUT2D eigenvalue weighted by Gasteiger charge is 2.25. The van der Waals surface area contributed by atoms with Gasteiger partial charge in [-0.1, -0.05) is 42.5 Å². The molecule has 0 bridgehead atoms. The Morgan fingerprint density at radius 3 is 2.67 bits per heavy atom. The third-order valence-corrected chi connectivity index (χ3v) is 5.39. The molecule has 0 unspecified atom stereocenters. The molecule has 1 aliphatic heterocycles. The third kappa shape index (κ3) is 4.27. The molecule has 0 saturated carbocycles. The number of esters is 1. The first-order valence-electron chi connectivity index (χ1n) is 10.2. The fourth-order valence-electron chi connectivity index (χ4n) is 3.74. The second kappa shape index (κ2) is 8.95. The summed E-state index contributed by atoms with van der Waals surface area (Å²) in [7, 11) is 0. The van der Waals surface area contributed by atoms with Gasteiger partial charge in [-0.2, -0.15) is 0 Å². The predicted octanol–water partition coefficient (Wildman–Crippen LogP) is 4.57. The summed E-state index contributed by atoms with van der Waals surface area (Å²) < 4.78 is 11.2. The summed E-state index contributed by atoms with van der Waals surface area (Å²) in [6, 6.07) is 16.8. The zero-order chi connectivity index (χ0) is 20.9. The van der Waals surface area contributed by atoms with Crippen molar-refractivity contribution < 1.29 is 18.7 Å². The van der Waals surface area contributed by atoms with E-state index in [1.54, 1.807) is 35.4 Å². The Morgan fingerprint density at radius 2 is 1.87 bits per heavy atom. The Morgan fingerprint density at radius 1 is 1.10 bits per heavy atom. The van der Waals surface area contributed by atoms with Gasteiger partial charge in [-0.25, -0.2) is 9.78 Å². The van der Waals surface area contributed by atoms with Crippen molar-refractivity contribution in [3.8, 4) is 22.8 Å². The zero-order valence-corrected chi connectivity index (χ0v) is 16.9. The molecule has 154 valence electrons. The molecule has 6 nitrogen and oxygen atoms in total. The molecule has 4 rings (SSSR count). The zero-order valence-electron chi connectivity index (χ0n) is 16.9. The van der Waals surface area contributed by atoms with Crippen molar-refractivity contribution in [2.45, 2.75) is 32.2 Å². The molecular weight excluding hydrogens is 380 g/mol. The summed E-state index contributed by atoms with van der Waals surface area (Å²) in [5, 5.41) is 0. The maximum atomic E-state index is 12.7. The van der Waals surface area contributed by atoms with Crippen molar-refractivity contribution in [3.05, 3.63) is 66.4 Å². The van der Waals surface area contributed by atoms with E-state index in [2.05, 4.69) is 4.98 Å². The number of ether oxygens (including phenoxy) is 1. The van der Waals surface area contributed by atoms with Crippen LogP contribution in [0.25, 0.3) is 22.8 Å². The minimum Gasteiger partial charge on any atom is -0.452 e. The Bertz CT molecular complexity index is 1030. The van der Waals surface area contributed by atoms with E-state index in [-0.39, 0.29) is 18.6 Å². The molecule has 30 heavy (non-hydrogen) atoms. The van der Waals surface area contributed by atoms with Gasteiger partial charge in [0, 0.05) is 18.2 Å². The Hall–Kier alpha value is -3.41. The van der Waals surface area contributed by atoms with Gasteiger partial charge < -0.3 is 14.1 Å². The van der Waals surface area contributed by atoms with Gasteiger partial charge in [0.05, 0.1) is 17.3 Å². The summed E-state index contributed by atoms with van der Waals surface area (Å²) in [5.74, 6) is 0.221. The number of hydrogen-bond donors (Lipinski definition) is 0. The van der Waals surface area contributed by atoms with Crippen LogP contribution < -0.4 is 0 Å². The molecule has 0 spiro atoms. The van der Waals surface area contributed by atoms with Crippen LogP contribution in [-0.2, 0) is 9.53 Å². The topological polar surface area (TPSA) is 72.6 Å². The molecule has 6 heteroatoms. The molecule has 1 aliphatic rings. The second-order valence-electron chi connectivity index (χ2n) is 7.45. The number of hydrogen-bond acceptors (Lipinski definition) is 5. The summed E-state index contributed by atoms with van der Waals surface area (Å²) in [5.41, 5.74) is 1.75. The molecule has 0 N–H and O–H groups in total. The van der Waals surface area contributed by atoms with Gasteiger partial charge in [-0.15, -0.1) is 0 Å². The molecule has 1 aromatic heterocycles. The van der Waals surface area contributed by atoms with Crippen molar-refractivity contribution in [2.75, 3.05) is 13.2 Å². The van der Waals surface area contributed by atoms with Gasteiger partial charge in [-0.3, -0.25) is 4.79 Å². The van der Waals surface area contributed by atoms with Crippen LogP contribution in [0.1, 0.15) is 36.5 Å². The van der Waals surface area contributed by atoms with Crippen LogP contribution in [0.15, 0.2) is 65.2 Å². The smallest absolute Gasteiger partial charge is 0.339 e. The van der Waals surface area contributed by atoms with Crippen LogP contribution in [0, 0.1) is 0 Å². The van der Waals surface area contributed by atoms with E-state index in [9.17, 15) is 9.59 Å². The number of oxazole rings is 1. The fourth-order valence-corrected chi connectivity index (χ4v) is 3.74. The molecule has 1 fully saturated rings. The van der Waals surface area contributed by atoms with Gasteiger partial charge in [0.15, 0.2) is 12.4 Å². The van der Waals surface area contributed by atoms with Crippen molar-refractivity contribution in [1.29, 1.82) is 0 Å². The fraction of sp³-hybridized carbons (Fsp3) is 0.292. The Kier molecular flexibility index (Phi) is 5.93. The molecule has 0 aliphatic carbocycles. The highest BCUT2D eigenvalue weighted by molar-refractivity contribution is 5.97. The summed E-state index contributed by atoms with van der Waals surface area (Å²) in [4.78, 5) is 31.3. The van der Waals surface area contributed by atoms with E-state index in [1.807, 2.05) is 37.3 Å². The molecule has 1 saturated heterocycles. The van der Waals surface area contributed by atoms with E-state index in [0.717, 1.165) is 24.8 Å². The van der Waals surface area contributed by atoms with E-state index in [4.69, 9.17) is 9.15 Å². The van der Waals surface area contributed by atoms with E-state index < -0.39 is 5.97 Å². The van der Waals surface area contributed by atoms with Crippen molar-refractivity contribution in [2.24, 2.45) is 0 Å². The van der Waals surface area contributed by atoms with Crippen LogP contribution in [0.2, 0.25) is 0 Å².